The van der Waals surface area contributed by atoms with Gasteiger partial charge in [0.15, 0.2) is 0 Å². The molecule has 0 radical (unpaired) electrons. The third-order valence-corrected chi connectivity index (χ3v) is 5.61. The van der Waals surface area contributed by atoms with Crippen LogP contribution in [0.3, 0.4) is 0 Å². The SMILES string of the molecule is CC1CC(c2cc(-c3ccncc3)c(-c3ccc(F)cc3)[nH]2)CCN1C. The highest BCUT2D eigenvalue weighted by Crippen LogP contribution is 2.38. The highest BCUT2D eigenvalue weighted by atomic mass is 19.1. The van der Waals surface area contributed by atoms with E-state index in [1.807, 2.05) is 36.7 Å². The van der Waals surface area contributed by atoms with E-state index in [0.29, 0.717) is 12.0 Å². The number of aromatic amines is 1. The Morgan fingerprint density at radius 1 is 1.08 bits per heavy atom. The predicted octanol–water partition coefficient (Wildman–Crippen LogP) is 5.08. The number of benzene rings is 1. The molecule has 0 bridgehead atoms. The first-order chi connectivity index (χ1) is 12.6. The first-order valence-electron chi connectivity index (χ1n) is 9.21. The Kier molecular flexibility index (Phi) is 4.60. The third kappa shape index (κ3) is 3.29. The monoisotopic (exact) mass is 349 g/mol. The first-order valence-corrected chi connectivity index (χ1v) is 9.21. The zero-order valence-corrected chi connectivity index (χ0v) is 15.2. The van der Waals surface area contributed by atoms with E-state index in [9.17, 15) is 4.39 Å². The molecule has 1 saturated heterocycles. The van der Waals surface area contributed by atoms with Gasteiger partial charge in [-0.1, -0.05) is 0 Å². The van der Waals surface area contributed by atoms with E-state index in [1.165, 1.54) is 17.8 Å². The molecule has 0 spiro atoms. The molecule has 1 aromatic carbocycles. The summed E-state index contributed by atoms with van der Waals surface area (Å²) in [5.41, 5.74) is 5.61. The summed E-state index contributed by atoms with van der Waals surface area (Å²) in [5.74, 6) is 0.311. The van der Waals surface area contributed by atoms with Crippen LogP contribution in [0.1, 0.15) is 31.4 Å². The summed E-state index contributed by atoms with van der Waals surface area (Å²) in [6, 6.07) is 13.6. The number of H-pyrrole nitrogens is 1. The summed E-state index contributed by atoms with van der Waals surface area (Å²) in [4.78, 5) is 10.2. The molecule has 1 N–H and O–H groups in total. The fourth-order valence-corrected chi connectivity index (χ4v) is 3.87. The first kappa shape index (κ1) is 17.0. The van der Waals surface area contributed by atoms with Gasteiger partial charge in [0, 0.05) is 35.6 Å². The van der Waals surface area contributed by atoms with Crippen LogP contribution in [-0.4, -0.2) is 34.5 Å². The molecule has 3 heterocycles. The van der Waals surface area contributed by atoms with Gasteiger partial charge in [-0.15, -0.1) is 0 Å². The Bertz CT molecular complexity index is 870. The molecular formula is C22H24FN3. The average Bonchev–Trinajstić information content (AvgIpc) is 3.11. The minimum absolute atomic E-state index is 0.213. The van der Waals surface area contributed by atoms with Crippen molar-refractivity contribution in [2.45, 2.75) is 31.7 Å². The Morgan fingerprint density at radius 3 is 2.50 bits per heavy atom. The number of pyridine rings is 1. The van der Waals surface area contributed by atoms with E-state index in [2.05, 4.69) is 34.9 Å². The van der Waals surface area contributed by atoms with E-state index in [-0.39, 0.29) is 5.82 Å². The largest absolute Gasteiger partial charge is 0.358 e. The summed E-state index contributed by atoms with van der Waals surface area (Å²) in [7, 11) is 2.20. The second kappa shape index (κ2) is 7.04. The maximum absolute atomic E-state index is 13.4. The molecule has 4 heteroatoms. The maximum Gasteiger partial charge on any atom is 0.123 e. The Balaban J connectivity index is 1.77. The van der Waals surface area contributed by atoms with E-state index in [1.54, 1.807) is 0 Å². The van der Waals surface area contributed by atoms with Gasteiger partial charge in [-0.25, -0.2) is 4.39 Å². The summed E-state index contributed by atoms with van der Waals surface area (Å²) in [6.45, 7) is 3.40. The molecule has 4 rings (SSSR count). The van der Waals surface area contributed by atoms with E-state index in [4.69, 9.17) is 0 Å². The molecule has 2 atom stereocenters. The van der Waals surface area contributed by atoms with Crippen molar-refractivity contribution in [1.29, 1.82) is 0 Å². The standard InChI is InChI=1S/C22H24FN3/c1-15-13-18(9-12-26(15)2)21-14-20(16-7-10-24-11-8-16)22(25-21)17-3-5-19(23)6-4-17/h3-8,10-11,14-15,18,25H,9,12-13H2,1-2H3. The predicted molar refractivity (Wildman–Crippen MR) is 103 cm³/mol. The molecule has 134 valence electrons. The molecule has 3 nitrogen and oxygen atoms in total. The number of likely N-dealkylation sites (tertiary alicyclic amines) is 1. The van der Waals surface area contributed by atoms with Crippen LogP contribution in [0.4, 0.5) is 4.39 Å². The van der Waals surface area contributed by atoms with Crippen LogP contribution in [0.25, 0.3) is 22.4 Å². The lowest BCUT2D eigenvalue weighted by Crippen LogP contribution is -2.36. The zero-order valence-electron chi connectivity index (χ0n) is 15.2. The van der Waals surface area contributed by atoms with Crippen LogP contribution < -0.4 is 0 Å². The Labute approximate surface area is 153 Å². The molecule has 1 aliphatic heterocycles. The van der Waals surface area contributed by atoms with Gasteiger partial charge in [-0.05, 0) is 86.9 Å². The van der Waals surface area contributed by atoms with Gasteiger partial charge >= 0.3 is 0 Å². The summed E-state index contributed by atoms with van der Waals surface area (Å²) < 4.78 is 13.4. The molecule has 3 aromatic rings. The second-order valence-corrected chi connectivity index (χ2v) is 7.31. The third-order valence-electron chi connectivity index (χ3n) is 5.61. The fourth-order valence-electron chi connectivity index (χ4n) is 3.87. The highest BCUT2D eigenvalue weighted by molar-refractivity contribution is 5.82. The lowest BCUT2D eigenvalue weighted by molar-refractivity contribution is 0.181. The lowest BCUT2D eigenvalue weighted by Gasteiger charge is -2.34. The number of halogens is 1. The van der Waals surface area contributed by atoms with Gasteiger partial charge in [0.05, 0.1) is 5.69 Å². The van der Waals surface area contributed by atoms with Crippen molar-refractivity contribution in [3.63, 3.8) is 0 Å². The van der Waals surface area contributed by atoms with Crippen molar-refractivity contribution in [3.05, 3.63) is 66.4 Å². The molecule has 26 heavy (non-hydrogen) atoms. The van der Waals surface area contributed by atoms with E-state index >= 15 is 0 Å². The summed E-state index contributed by atoms with van der Waals surface area (Å²) in [6.07, 6.45) is 5.93. The smallest absolute Gasteiger partial charge is 0.123 e. The summed E-state index contributed by atoms with van der Waals surface area (Å²) >= 11 is 0. The number of nitrogens with zero attached hydrogens (tertiary/aromatic N) is 2. The average molecular weight is 349 g/mol. The van der Waals surface area contributed by atoms with E-state index < -0.39 is 0 Å². The number of nitrogens with one attached hydrogen (secondary N) is 1. The van der Waals surface area contributed by atoms with Crippen LogP contribution in [0.2, 0.25) is 0 Å². The van der Waals surface area contributed by atoms with Gasteiger partial charge in [0.2, 0.25) is 0 Å². The van der Waals surface area contributed by atoms with Crippen LogP contribution in [0.15, 0.2) is 54.9 Å². The van der Waals surface area contributed by atoms with Gasteiger partial charge < -0.3 is 9.88 Å². The number of aromatic nitrogens is 2. The number of hydrogen-bond donors (Lipinski definition) is 1. The van der Waals surface area contributed by atoms with Gasteiger partial charge in [-0.2, -0.15) is 0 Å². The number of piperidine rings is 1. The number of rotatable bonds is 3. The quantitative estimate of drug-likeness (QED) is 0.715. The molecule has 0 amide bonds. The zero-order chi connectivity index (χ0) is 18.1. The highest BCUT2D eigenvalue weighted by Gasteiger charge is 2.26. The van der Waals surface area contributed by atoms with Crippen molar-refractivity contribution in [3.8, 4) is 22.4 Å². The van der Waals surface area contributed by atoms with Crippen molar-refractivity contribution in [2.24, 2.45) is 0 Å². The maximum atomic E-state index is 13.4. The van der Waals surface area contributed by atoms with Crippen LogP contribution in [0, 0.1) is 5.82 Å². The molecular weight excluding hydrogens is 325 g/mol. The Hall–Kier alpha value is -2.46. The number of hydrogen-bond acceptors (Lipinski definition) is 2. The molecule has 2 unspecified atom stereocenters. The minimum Gasteiger partial charge on any atom is -0.358 e. The summed E-state index contributed by atoms with van der Waals surface area (Å²) in [5, 5.41) is 0. The lowest BCUT2D eigenvalue weighted by atomic mass is 9.89. The Morgan fingerprint density at radius 2 is 1.81 bits per heavy atom. The van der Waals surface area contributed by atoms with Crippen molar-refractivity contribution in [2.75, 3.05) is 13.6 Å². The van der Waals surface area contributed by atoms with Crippen molar-refractivity contribution in [1.82, 2.24) is 14.9 Å². The van der Waals surface area contributed by atoms with Crippen LogP contribution in [0.5, 0.6) is 0 Å². The van der Waals surface area contributed by atoms with Gasteiger partial charge in [0.1, 0.15) is 5.82 Å². The molecule has 0 aliphatic carbocycles. The van der Waals surface area contributed by atoms with Crippen molar-refractivity contribution < 1.29 is 4.39 Å². The van der Waals surface area contributed by atoms with Crippen molar-refractivity contribution >= 4 is 0 Å². The molecule has 1 fully saturated rings. The topological polar surface area (TPSA) is 31.9 Å². The molecule has 1 aliphatic rings. The van der Waals surface area contributed by atoms with Crippen LogP contribution in [-0.2, 0) is 0 Å². The van der Waals surface area contributed by atoms with Gasteiger partial charge in [0.25, 0.3) is 0 Å². The van der Waals surface area contributed by atoms with Gasteiger partial charge in [-0.3, -0.25) is 4.98 Å². The molecule has 0 saturated carbocycles. The van der Waals surface area contributed by atoms with Crippen LogP contribution >= 0.6 is 0 Å². The fraction of sp³-hybridized carbons (Fsp3) is 0.318. The normalized spacial score (nSPS) is 21.0. The molecule has 2 aromatic heterocycles. The second-order valence-electron chi connectivity index (χ2n) is 7.31. The minimum atomic E-state index is -0.213. The van der Waals surface area contributed by atoms with E-state index in [0.717, 1.165) is 41.8 Å².